The monoisotopic (exact) mass is 379 g/mol. The molecule has 1 aromatic carbocycles. The number of halogens is 1. The fourth-order valence-electron chi connectivity index (χ4n) is 1.63. The van der Waals surface area contributed by atoms with Gasteiger partial charge in [-0.25, -0.2) is 0 Å². The van der Waals surface area contributed by atoms with Gasteiger partial charge in [-0.15, -0.1) is 4.63 Å². The molecule has 23 heavy (non-hydrogen) atoms. The Morgan fingerprint density at radius 1 is 1.57 bits per heavy atom. The first-order valence-corrected chi connectivity index (χ1v) is 6.67. The van der Waals surface area contributed by atoms with Gasteiger partial charge in [-0.2, -0.15) is 0 Å². The van der Waals surface area contributed by atoms with Crippen molar-refractivity contribution in [3.63, 3.8) is 0 Å². The normalized spacial score (nSPS) is 11.1. The zero-order valence-electron chi connectivity index (χ0n) is 11.5. The number of carbonyl (C=O) groups is 1. The van der Waals surface area contributed by atoms with Crippen molar-refractivity contribution in [3.8, 4) is 0 Å². The number of benzene rings is 1. The quantitative estimate of drug-likeness (QED) is 0.185. The maximum atomic E-state index is 11.5. The van der Waals surface area contributed by atoms with Gasteiger partial charge in [0.15, 0.2) is 5.16 Å². The summed E-state index contributed by atoms with van der Waals surface area (Å²) < 4.78 is 4.88. The molecule has 1 amide bonds. The van der Waals surface area contributed by atoms with Gasteiger partial charge in [0.25, 0.3) is 5.69 Å². The highest BCUT2D eigenvalue weighted by Gasteiger charge is 2.32. The Bertz CT molecular complexity index is 780. The highest BCUT2D eigenvalue weighted by Crippen LogP contribution is 2.22. The van der Waals surface area contributed by atoms with Crippen LogP contribution in [-0.2, 0) is 9.63 Å². The van der Waals surface area contributed by atoms with Crippen molar-refractivity contribution in [1.29, 1.82) is 0 Å². The molecule has 0 aliphatic heterocycles. The first kappa shape index (κ1) is 16.6. The van der Waals surface area contributed by atoms with E-state index in [-0.39, 0.29) is 11.5 Å². The Labute approximate surface area is 138 Å². The lowest BCUT2D eigenvalue weighted by molar-refractivity contribution is -0.391. The Balaban J connectivity index is 2.56. The standard InChI is InChI=1S/C11H7BBrN5O5/c1-22-15-10(9-11(18(20)21)16-23-14-9)17(5-19)6-2-3-7(12)8(13)4-6/h2-5H,1H3/b15-10-. The first-order valence-electron chi connectivity index (χ1n) is 5.87. The highest BCUT2D eigenvalue weighted by atomic mass is 79.9. The van der Waals surface area contributed by atoms with Crippen molar-refractivity contribution in [1.82, 2.24) is 10.3 Å². The van der Waals surface area contributed by atoms with E-state index in [2.05, 4.69) is 40.9 Å². The minimum atomic E-state index is -0.821. The molecular formula is C11H7BBrN5O5. The average molecular weight is 380 g/mol. The Kier molecular flexibility index (Phi) is 5.06. The van der Waals surface area contributed by atoms with Crippen molar-refractivity contribution >= 4 is 53.0 Å². The van der Waals surface area contributed by atoms with Crippen molar-refractivity contribution in [2.24, 2.45) is 5.16 Å². The number of amides is 1. The van der Waals surface area contributed by atoms with Gasteiger partial charge >= 0.3 is 5.82 Å². The molecule has 0 saturated carbocycles. The third kappa shape index (κ3) is 3.36. The highest BCUT2D eigenvalue weighted by molar-refractivity contribution is 9.10. The van der Waals surface area contributed by atoms with Gasteiger partial charge in [-0.3, -0.25) is 9.69 Å². The van der Waals surface area contributed by atoms with Crippen LogP contribution in [0, 0.1) is 10.1 Å². The smallest absolute Gasteiger partial charge is 0.397 e. The number of hydrogen-bond acceptors (Lipinski definition) is 8. The molecule has 0 N–H and O–H groups in total. The van der Waals surface area contributed by atoms with E-state index < -0.39 is 10.7 Å². The predicted molar refractivity (Wildman–Crippen MR) is 82.6 cm³/mol. The van der Waals surface area contributed by atoms with E-state index in [4.69, 9.17) is 7.85 Å². The number of nitro groups is 1. The molecule has 2 rings (SSSR count). The molecule has 0 spiro atoms. The lowest BCUT2D eigenvalue weighted by Crippen LogP contribution is -2.31. The average Bonchev–Trinajstić information content (AvgIpc) is 3.00. The number of rotatable bonds is 5. The second kappa shape index (κ2) is 7.00. The van der Waals surface area contributed by atoms with Gasteiger partial charge in [0, 0.05) is 4.47 Å². The van der Waals surface area contributed by atoms with Gasteiger partial charge < -0.3 is 15.0 Å². The fourth-order valence-corrected chi connectivity index (χ4v) is 2.00. The molecule has 0 saturated heterocycles. The van der Waals surface area contributed by atoms with Crippen LogP contribution in [0.5, 0.6) is 0 Å². The van der Waals surface area contributed by atoms with Crippen LogP contribution < -0.4 is 10.4 Å². The molecule has 0 fully saturated rings. The van der Waals surface area contributed by atoms with Crippen molar-refractivity contribution in [2.75, 3.05) is 12.0 Å². The minimum absolute atomic E-state index is 0.271. The zero-order valence-corrected chi connectivity index (χ0v) is 13.1. The Hall–Kier alpha value is -2.76. The topological polar surface area (TPSA) is 124 Å². The third-order valence-electron chi connectivity index (χ3n) is 2.63. The molecule has 0 bridgehead atoms. The number of hydrogen-bond donors (Lipinski definition) is 0. The van der Waals surface area contributed by atoms with Crippen LogP contribution in [0.3, 0.4) is 0 Å². The fraction of sp³-hybridized carbons (Fsp3) is 0.0909. The largest absolute Gasteiger partial charge is 0.446 e. The molecule has 12 heteroatoms. The summed E-state index contributed by atoms with van der Waals surface area (Å²) in [4.78, 5) is 27.2. The zero-order chi connectivity index (χ0) is 17.0. The lowest BCUT2D eigenvalue weighted by atomic mass is 9.96. The van der Waals surface area contributed by atoms with Crippen LogP contribution in [-0.4, -0.2) is 42.4 Å². The van der Waals surface area contributed by atoms with Gasteiger partial charge in [0.05, 0.1) is 5.69 Å². The van der Waals surface area contributed by atoms with E-state index in [1.54, 1.807) is 0 Å². The molecule has 1 heterocycles. The van der Waals surface area contributed by atoms with Crippen LogP contribution in [0.15, 0.2) is 32.5 Å². The molecule has 2 radical (unpaired) electrons. The van der Waals surface area contributed by atoms with E-state index in [0.29, 0.717) is 22.0 Å². The lowest BCUT2D eigenvalue weighted by Gasteiger charge is -2.17. The maximum Gasteiger partial charge on any atom is 0.446 e. The Morgan fingerprint density at radius 2 is 2.30 bits per heavy atom. The van der Waals surface area contributed by atoms with Crippen molar-refractivity contribution in [3.05, 3.63) is 38.5 Å². The SMILES string of the molecule is [B]c1ccc(N(C=O)/C(=N\OC)c2nonc2[N+](=O)[O-])cc1Br. The minimum Gasteiger partial charge on any atom is -0.397 e. The van der Waals surface area contributed by atoms with Gasteiger partial charge in [-0.1, -0.05) is 32.6 Å². The van der Waals surface area contributed by atoms with Crippen molar-refractivity contribution < 1.29 is 19.2 Å². The molecule has 0 aliphatic rings. The molecule has 0 aliphatic carbocycles. The summed E-state index contributed by atoms with van der Waals surface area (Å²) in [6, 6.07) is 4.57. The second-order valence-electron chi connectivity index (χ2n) is 3.97. The summed E-state index contributed by atoms with van der Waals surface area (Å²) in [6.45, 7) is 0. The van der Waals surface area contributed by atoms with Crippen molar-refractivity contribution in [2.45, 2.75) is 0 Å². The molecule has 116 valence electrons. The number of aromatic nitrogens is 2. The summed E-state index contributed by atoms with van der Waals surface area (Å²) >= 11 is 3.22. The van der Waals surface area contributed by atoms with Crippen LogP contribution in [0.2, 0.25) is 0 Å². The van der Waals surface area contributed by atoms with Crippen LogP contribution in [0.1, 0.15) is 5.69 Å². The molecule has 10 nitrogen and oxygen atoms in total. The number of oxime groups is 1. The molecule has 1 aromatic heterocycles. The Morgan fingerprint density at radius 3 is 2.87 bits per heavy atom. The van der Waals surface area contributed by atoms with Gasteiger partial charge in [0.2, 0.25) is 12.2 Å². The van der Waals surface area contributed by atoms with Crippen LogP contribution in [0.25, 0.3) is 0 Å². The van der Waals surface area contributed by atoms with E-state index in [1.807, 2.05) is 0 Å². The summed E-state index contributed by atoms with van der Waals surface area (Å²) in [7, 11) is 6.90. The summed E-state index contributed by atoms with van der Waals surface area (Å²) in [6.07, 6.45) is 0.383. The van der Waals surface area contributed by atoms with Gasteiger partial charge in [-0.05, 0) is 22.2 Å². The number of nitrogens with zero attached hydrogens (tertiary/aromatic N) is 5. The number of anilines is 1. The van der Waals surface area contributed by atoms with E-state index in [1.165, 1.54) is 25.3 Å². The number of amidine groups is 1. The molecule has 2 aromatic rings. The van der Waals surface area contributed by atoms with E-state index in [9.17, 15) is 14.9 Å². The van der Waals surface area contributed by atoms with Gasteiger partial charge in [0.1, 0.15) is 15.0 Å². The first-order chi connectivity index (χ1) is 11.0. The molecular weight excluding hydrogens is 373 g/mol. The number of carbonyl (C=O) groups excluding carboxylic acids is 1. The summed E-state index contributed by atoms with van der Waals surface area (Å²) in [5.41, 5.74) is 0.394. The molecule has 0 unspecified atom stereocenters. The maximum absolute atomic E-state index is 11.5. The second-order valence-corrected chi connectivity index (χ2v) is 4.83. The third-order valence-corrected chi connectivity index (χ3v) is 3.32. The van der Waals surface area contributed by atoms with Crippen LogP contribution >= 0.6 is 15.9 Å². The van der Waals surface area contributed by atoms with E-state index >= 15 is 0 Å². The van der Waals surface area contributed by atoms with E-state index in [0.717, 1.165) is 4.90 Å². The molecule has 0 atom stereocenters. The summed E-state index contributed by atoms with van der Waals surface area (Å²) in [5.74, 6) is -0.978. The predicted octanol–water partition coefficient (Wildman–Crippen LogP) is 0.505. The summed E-state index contributed by atoms with van der Waals surface area (Å²) in [5, 5.41) is 21.1. The van der Waals surface area contributed by atoms with Crippen LogP contribution in [0.4, 0.5) is 11.5 Å².